The van der Waals surface area contributed by atoms with Crippen LogP contribution in [0.2, 0.25) is 5.15 Å². The number of halogens is 23. The van der Waals surface area contributed by atoms with E-state index >= 15 is 0 Å². The molecule has 0 aliphatic carbocycles. The second-order valence-corrected chi connectivity index (χ2v) is 26.2. The van der Waals surface area contributed by atoms with E-state index in [2.05, 4.69) is 74.5 Å². The third-order valence-corrected chi connectivity index (χ3v) is 15.9. The fourth-order valence-electron chi connectivity index (χ4n) is 8.59. The zero-order valence-electron chi connectivity index (χ0n) is 71.6. The molecular formula is C70H58B12ClF22N17O24. The lowest BCUT2D eigenvalue weighted by molar-refractivity contribution is -0.360. The van der Waals surface area contributed by atoms with Crippen LogP contribution in [-0.2, 0) is 30.6 Å². The number of rotatable bonds is 14. The van der Waals surface area contributed by atoms with Crippen LogP contribution in [0.5, 0.6) is 0 Å². The van der Waals surface area contributed by atoms with Crippen molar-refractivity contribution >= 4 is 174 Å². The molecule has 24 N–H and O–H groups in total. The number of nitriles is 2. The average Bonchev–Trinajstić information content (AvgIpc) is 0.753. The van der Waals surface area contributed by atoms with Gasteiger partial charge in [0.25, 0.3) is 11.6 Å². The third-order valence-electron chi connectivity index (χ3n) is 15.6. The van der Waals surface area contributed by atoms with Crippen molar-refractivity contribution < 1.29 is 217 Å². The van der Waals surface area contributed by atoms with Crippen LogP contribution >= 0.6 is 11.6 Å². The normalized spacial score (nSPS) is 10.5. The number of hydrogen-bond acceptors (Lipinski definition) is 39. The predicted octanol–water partition coefficient (Wildman–Crippen LogP) is -7.19. The molecule has 0 atom stereocenters. The maximum Gasteiger partial charge on any atom is 0.493 e. The summed E-state index contributed by atoms with van der Waals surface area (Å²) in [5.74, 6) is -14.2. The Morgan fingerprint density at radius 2 is 0.644 bits per heavy atom. The van der Waals surface area contributed by atoms with E-state index in [-0.39, 0.29) is 78.5 Å². The minimum Gasteiger partial charge on any atom is -0.424 e. The van der Waals surface area contributed by atoms with Gasteiger partial charge in [-0.1, -0.05) is 91.5 Å². The highest BCUT2D eigenvalue weighted by atomic mass is 35.5. The van der Waals surface area contributed by atoms with Crippen molar-refractivity contribution in [3.63, 3.8) is 0 Å². The first-order chi connectivity index (χ1) is 67.6. The first-order valence-electron chi connectivity index (χ1n) is 37.6. The molecule has 0 saturated carbocycles. The highest BCUT2D eigenvalue weighted by Gasteiger charge is 2.74. The maximum absolute atomic E-state index is 13.1. The second kappa shape index (κ2) is 61.5. The van der Waals surface area contributed by atoms with Gasteiger partial charge < -0.3 is 130 Å². The van der Waals surface area contributed by atoms with Crippen molar-refractivity contribution in [2.24, 2.45) is 0 Å². The topological polar surface area (TPSA) is 709 Å². The zero-order chi connectivity index (χ0) is 112. The van der Waals surface area contributed by atoms with Crippen LogP contribution in [0.15, 0.2) is 208 Å². The molecule has 12 heterocycles. The van der Waals surface area contributed by atoms with E-state index in [9.17, 15) is 96.6 Å². The molecule has 12 rings (SSSR count). The molecule has 41 nitrogen and oxygen atoms in total. The largest absolute Gasteiger partial charge is 0.493 e. The molecule has 0 unspecified atom stereocenters. The average molecular weight is 2100 g/mol. The molecule has 0 bridgehead atoms. The highest BCUT2D eigenvalue weighted by Crippen LogP contribution is 2.51. The quantitative estimate of drug-likeness (QED) is 0.0208. The summed E-state index contributed by atoms with van der Waals surface area (Å²) in [5, 5.41) is 223. The molecule has 76 heteroatoms. The van der Waals surface area contributed by atoms with E-state index in [1.54, 1.807) is 30.5 Å². The summed E-state index contributed by atoms with van der Waals surface area (Å²) in [6.07, 6.45) is -11.8. The van der Waals surface area contributed by atoms with Gasteiger partial charge in [-0.25, -0.2) is 34.9 Å². The van der Waals surface area contributed by atoms with Crippen LogP contribution in [0.1, 0.15) is 39.9 Å². The van der Waals surface area contributed by atoms with Crippen molar-refractivity contribution in [2.45, 2.75) is 42.7 Å². The molecule has 12 aromatic heterocycles. The Balaban J connectivity index is 0.000000801. The summed E-state index contributed by atoms with van der Waals surface area (Å²) >= 11 is 5.35. The van der Waals surface area contributed by atoms with Gasteiger partial charge in [0.2, 0.25) is 23.5 Å². The molecule has 0 aliphatic rings. The Bertz CT molecular complexity index is 6080. The van der Waals surface area contributed by atoms with E-state index in [1.807, 2.05) is 6.07 Å². The highest BCUT2D eigenvalue weighted by molar-refractivity contribution is 6.64. The molecular weight excluding hydrogens is 2050 g/mol. The Morgan fingerprint density at radius 3 is 0.979 bits per heavy atom. The Kier molecular flexibility index (Phi) is 54.9. The summed E-state index contributed by atoms with van der Waals surface area (Å²) < 4.78 is 269. The Hall–Kier alpha value is -13.7. The molecule has 0 radical (unpaired) electrons. The van der Waals surface area contributed by atoms with E-state index in [0.717, 1.165) is 48.9 Å². The first kappa shape index (κ1) is 130. The number of aromatic nitrogens is 13. The predicted molar refractivity (Wildman–Crippen MR) is 468 cm³/mol. The minimum atomic E-state index is -6.45. The van der Waals surface area contributed by atoms with Gasteiger partial charge in [0.05, 0.1) is 0 Å². The van der Waals surface area contributed by atoms with Crippen molar-refractivity contribution in [3.05, 3.63) is 294 Å². The summed E-state index contributed by atoms with van der Waals surface area (Å²) in [6, 6.07) is 27.5. The SMILES string of the molecule is N#Cc1ccc(B(O)O)cn1.OB(O)c1ccc(C(F)(F)C(F)(F)C(F)(F)F)nc1.OB(O)c1ccc(C(F)(F)F)nc1.OB(O)c1ccc(C(F)(F)F)nc1C(F)(F)F.OB(O)c1ccc(F)nc1.OB(O)c1ccc(F)nc1Cl.OB(O)c1cccnc1.OB(O)c1cccnc1C(F)(F)F.OB(O)c1cccnc1F.OB(O)c1cncnc1.[C-]#[N+]c1nc(C#N)ccc1B(O)O.[C-]#[N+]c1ncccc1B(O)O. The number of nitrogens with zero attached hydrogens (tertiary/aromatic N) is 17. The molecule has 0 amide bonds. The van der Waals surface area contributed by atoms with Crippen LogP contribution in [0.3, 0.4) is 0 Å². The fourth-order valence-corrected chi connectivity index (χ4v) is 8.84. The molecule has 0 aromatic carbocycles. The van der Waals surface area contributed by atoms with Gasteiger partial charge in [0.1, 0.15) is 64.0 Å². The molecule has 0 fully saturated rings. The monoisotopic (exact) mass is 2110 g/mol. The summed E-state index contributed by atoms with van der Waals surface area (Å²) in [7, 11) is -21.4. The van der Waals surface area contributed by atoms with Crippen LogP contribution in [0.4, 0.5) is 108 Å². The van der Waals surface area contributed by atoms with Crippen LogP contribution in [0.25, 0.3) is 9.69 Å². The van der Waals surface area contributed by atoms with Crippen molar-refractivity contribution in [1.82, 2.24) is 64.8 Å². The number of alkyl halides is 19. The van der Waals surface area contributed by atoms with Crippen LogP contribution in [0, 0.1) is 53.6 Å². The van der Waals surface area contributed by atoms with E-state index < -0.39 is 191 Å². The van der Waals surface area contributed by atoms with E-state index in [1.165, 1.54) is 98.1 Å². The van der Waals surface area contributed by atoms with E-state index in [4.69, 9.17) is 156 Å². The number of pyridine rings is 11. The second-order valence-electron chi connectivity index (χ2n) is 25.9. The summed E-state index contributed by atoms with van der Waals surface area (Å²) in [4.78, 5) is 48.4. The van der Waals surface area contributed by atoms with Gasteiger partial charge in [0.15, 0.2) is 0 Å². The zero-order valence-corrected chi connectivity index (χ0v) is 72.3. The summed E-state index contributed by atoms with van der Waals surface area (Å²) in [6.45, 7) is 13.3. The van der Waals surface area contributed by atoms with Crippen LogP contribution in [-0.4, -0.2) is 283 Å². The summed E-state index contributed by atoms with van der Waals surface area (Å²) in [5.41, 5.74) is -8.72. The molecule has 0 aliphatic heterocycles. The first-order valence-corrected chi connectivity index (χ1v) is 38.0. The Labute approximate surface area is 812 Å². The van der Waals surface area contributed by atoms with Crippen molar-refractivity contribution in [2.75, 3.05) is 0 Å². The molecule has 12 aromatic rings. The maximum atomic E-state index is 13.1. The molecule has 0 saturated heterocycles. The van der Waals surface area contributed by atoms with Crippen molar-refractivity contribution in [3.8, 4) is 12.1 Å². The molecule has 764 valence electrons. The van der Waals surface area contributed by atoms with Gasteiger partial charge in [-0.15, -0.1) is 9.97 Å². The number of hydrogen-bond donors (Lipinski definition) is 24. The van der Waals surface area contributed by atoms with Gasteiger partial charge in [0, 0.05) is 128 Å². The third kappa shape index (κ3) is 45.7. The standard InChI is InChI=1S/C8H5BF7NO2.C7H4BF6NO2.C7H4BN3O2.2C6H5BF3NO2.2C6H5BN2O2.C5H4BClFNO2.2C5H5BFNO2.C5H6BNO2.C4H5BN2O2/c10-6(11,7(12,13)8(14,15)16)5-2-1-4(3-17-5)9(18)19;9-6(10,11)4-2-1-3(8(16)17)5(15-4)7(12,13)14;1-10-7-6(8(12)13)3-2-5(4-9)11-7;8-6(9,10)5-2-1-4(3-11-5)7(12)13;8-6(9,10)5-4(7(12)13)2-1-3-11-5;1-8-6-5(7(10)11)3-2-4-9-6;8-3-6-2-1-5(4-9-6)7(10)11;7-5-3(6(10)11)1-2-4(8)9-5;7-5-2-1-4(3-8-5)6(9)10;7-5-4(6(9)10)2-1-3-8-5;8-6(9)5-2-1-3-7-4-5;8-5(9)4-1-6-3-7-2-4/h1-3,18-19H;1-2,16-17H;2-3,12-13H;2*1-3,12-13H;2-4,10-11H;1-2,4,10-11H;1-2,10-11H;2*1-3,9-10H;1-4,8-9H;1-3,8-9H. The lowest BCUT2D eigenvalue weighted by Gasteiger charge is -2.27. The van der Waals surface area contributed by atoms with Gasteiger partial charge >= 0.3 is 128 Å². The lowest BCUT2D eigenvalue weighted by Crippen LogP contribution is -2.50. The molecule has 146 heavy (non-hydrogen) atoms. The van der Waals surface area contributed by atoms with Crippen molar-refractivity contribution in [1.29, 1.82) is 10.5 Å². The van der Waals surface area contributed by atoms with Gasteiger partial charge in [-0.05, 0) is 66.7 Å². The van der Waals surface area contributed by atoms with Gasteiger partial charge in [-0.3, -0.25) is 19.9 Å². The van der Waals surface area contributed by atoms with E-state index in [0.29, 0.717) is 35.3 Å². The smallest absolute Gasteiger partial charge is 0.424 e. The molecule has 0 spiro atoms. The minimum absolute atomic E-state index is 0.00642. The van der Waals surface area contributed by atoms with Gasteiger partial charge in [-0.2, -0.15) is 107 Å². The fraction of sp³-hybridized carbons (Fsp3) is 0.100. The lowest BCUT2D eigenvalue weighted by atomic mass is 9.78. The Morgan fingerprint density at radius 1 is 0.288 bits per heavy atom. The van der Waals surface area contributed by atoms with Crippen LogP contribution < -0.4 is 65.6 Å².